The lowest BCUT2D eigenvalue weighted by atomic mass is 10.2. The Morgan fingerprint density at radius 1 is 1.38 bits per heavy atom. The molecule has 0 spiro atoms. The number of anilines is 1. The maximum absolute atomic E-state index is 5.81. The van der Waals surface area contributed by atoms with Crippen molar-refractivity contribution in [2.45, 2.75) is 26.4 Å². The van der Waals surface area contributed by atoms with Gasteiger partial charge in [-0.25, -0.2) is 4.98 Å². The summed E-state index contributed by atoms with van der Waals surface area (Å²) in [5, 5.41) is 4.37. The standard InChI is InChI=1S/C16H21N3OS/c1-2-7-17-16-18-10-14(21-16)12-19-8-9-20-15-6-4-3-5-13(15)11-19/h3-6,10H,2,7-9,11-12H2,1H3,(H,17,18). The van der Waals surface area contributed by atoms with E-state index in [-0.39, 0.29) is 0 Å². The number of hydrogen-bond donors (Lipinski definition) is 1. The summed E-state index contributed by atoms with van der Waals surface area (Å²) in [6.45, 7) is 6.71. The summed E-state index contributed by atoms with van der Waals surface area (Å²) in [4.78, 5) is 8.16. The van der Waals surface area contributed by atoms with Crippen molar-refractivity contribution in [1.82, 2.24) is 9.88 Å². The van der Waals surface area contributed by atoms with Gasteiger partial charge in [0.2, 0.25) is 0 Å². The third-order valence-corrected chi connectivity index (χ3v) is 4.43. The number of rotatable bonds is 5. The number of nitrogens with zero attached hydrogens (tertiary/aromatic N) is 2. The Hall–Kier alpha value is -1.59. The van der Waals surface area contributed by atoms with Crippen molar-refractivity contribution in [3.63, 3.8) is 0 Å². The first-order valence-electron chi connectivity index (χ1n) is 7.47. The largest absolute Gasteiger partial charge is 0.492 e. The second kappa shape index (κ2) is 6.91. The summed E-state index contributed by atoms with van der Waals surface area (Å²) in [5.41, 5.74) is 1.27. The van der Waals surface area contributed by atoms with Crippen LogP contribution >= 0.6 is 11.3 Å². The van der Waals surface area contributed by atoms with Gasteiger partial charge >= 0.3 is 0 Å². The first-order chi connectivity index (χ1) is 10.3. The number of nitrogens with one attached hydrogen (secondary N) is 1. The first kappa shape index (κ1) is 14.4. The van der Waals surface area contributed by atoms with Gasteiger partial charge in [0.25, 0.3) is 0 Å². The molecule has 2 heterocycles. The molecule has 3 rings (SSSR count). The monoisotopic (exact) mass is 303 g/mol. The van der Waals surface area contributed by atoms with Crippen LogP contribution in [0.25, 0.3) is 0 Å². The highest BCUT2D eigenvalue weighted by Crippen LogP contribution is 2.25. The molecular formula is C16H21N3OS. The van der Waals surface area contributed by atoms with Crippen LogP contribution in [0.5, 0.6) is 5.75 Å². The summed E-state index contributed by atoms with van der Waals surface area (Å²) in [6, 6.07) is 8.31. The normalized spacial score (nSPS) is 15.1. The predicted octanol–water partition coefficient (Wildman–Crippen LogP) is 3.36. The van der Waals surface area contributed by atoms with E-state index < -0.39 is 0 Å². The van der Waals surface area contributed by atoms with E-state index in [1.54, 1.807) is 11.3 Å². The van der Waals surface area contributed by atoms with Crippen LogP contribution in [0, 0.1) is 0 Å². The Morgan fingerprint density at radius 3 is 3.19 bits per heavy atom. The lowest BCUT2D eigenvalue weighted by Crippen LogP contribution is -2.24. The van der Waals surface area contributed by atoms with E-state index in [1.807, 2.05) is 12.3 Å². The predicted molar refractivity (Wildman–Crippen MR) is 86.9 cm³/mol. The topological polar surface area (TPSA) is 37.4 Å². The molecule has 0 atom stereocenters. The van der Waals surface area contributed by atoms with Crippen LogP contribution in [0.1, 0.15) is 23.8 Å². The van der Waals surface area contributed by atoms with Crippen molar-refractivity contribution in [2.75, 3.05) is 25.0 Å². The van der Waals surface area contributed by atoms with Gasteiger partial charge in [0.15, 0.2) is 5.13 Å². The lowest BCUT2D eigenvalue weighted by Gasteiger charge is -2.17. The molecule has 1 aliphatic rings. The fraction of sp³-hybridized carbons (Fsp3) is 0.438. The molecule has 5 heteroatoms. The Morgan fingerprint density at radius 2 is 2.29 bits per heavy atom. The third-order valence-electron chi connectivity index (χ3n) is 3.49. The molecule has 0 unspecified atom stereocenters. The van der Waals surface area contributed by atoms with Gasteiger partial charge in [0.05, 0.1) is 0 Å². The molecule has 1 aliphatic heterocycles. The van der Waals surface area contributed by atoms with Crippen LogP contribution in [0.3, 0.4) is 0 Å². The fourth-order valence-corrected chi connectivity index (χ4v) is 3.31. The molecule has 0 amide bonds. The highest BCUT2D eigenvalue weighted by molar-refractivity contribution is 7.15. The number of hydrogen-bond acceptors (Lipinski definition) is 5. The fourth-order valence-electron chi connectivity index (χ4n) is 2.43. The average Bonchev–Trinajstić information content (AvgIpc) is 2.83. The molecule has 0 bridgehead atoms. The zero-order chi connectivity index (χ0) is 14.5. The molecule has 0 saturated carbocycles. The van der Waals surface area contributed by atoms with E-state index in [0.29, 0.717) is 0 Å². The van der Waals surface area contributed by atoms with Gasteiger partial charge in [0, 0.05) is 42.8 Å². The number of para-hydroxylation sites is 1. The Kier molecular flexibility index (Phi) is 4.72. The van der Waals surface area contributed by atoms with E-state index in [2.05, 4.69) is 40.3 Å². The van der Waals surface area contributed by atoms with E-state index >= 15 is 0 Å². The second-order valence-corrected chi connectivity index (χ2v) is 6.34. The molecule has 112 valence electrons. The van der Waals surface area contributed by atoms with E-state index in [0.717, 1.165) is 50.1 Å². The Labute approximate surface area is 129 Å². The van der Waals surface area contributed by atoms with E-state index in [4.69, 9.17) is 4.74 Å². The summed E-state index contributed by atoms with van der Waals surface area (Å²) in [6.07, 6.45) is 3.11. The van der Waals surface area contributed by atoms with Gasteiger partial charge in [-0.15, -0.1) is 11.3 Å². The molecule has 0 radical (unpaired) electrons. The molecular weight excluding hydrogens is 282 g/mol. The average molecular weight is 303 g/mol. The van der Waals surface area contributed by atoms with Crippen LogP contribution < -0.4 is 10.1 Å². The van der Waals surface area contributed by atoms with Gasteiger partial charge in [-0.1, -0.05) is 25.1 Å². The Bertz CT molecular complexity index is 584. The van der Waals surface area contributed by atoms with E-state index in [9.17, 15) is 0 Å². The van der Waals surface area contributed by atoms with Crippen molar-refractivity contribution < 1.29 is 4.74 Å². The molecule has 0 aliphatic carbocycles. The maximum atomic E-state index is 5.81. The highest BCUT2D eigenvalue weighted by Gasteiger charge is 2.16. The molecule has 0 saturated heterocycles. The molecule has 0 fully saturated rings. The second-order valence-electron chi connectivity index (χ2n) is 5.23. The summed E-state index contributed by atoms with van der Waals surface area (Å²) >= 11 is 1.75. The SMILES string of the molecule is CCCNc1ncc(CN2CCOc3ccccc3C2)s1. The van der Waals surface area contributed by atoms with Gasteiger partial charge in [-0.05, 0) is 12.5 Å². The minimum atomic E-state index is 0.747. The Balaban J connectivity index is 1.64. The van der Waals surface area contributed by atoms with Gasteiger partial charge in [0.1, 0.15) is 12.4 Å². The number of fused-ring (bicyclic) bond motifs is 1. The maximum Gasteiger partial charge on any atom is 0.182 e. The van der Waals surface area contributed by atoms with Crippen LogP contribution in [-0.2, 0) is 13.1 Å². The number of benzene rings is 1. The quantitative estimate of drug-likeness (QED) is 0.919. The van der Waals surface area contributed by atoms with E-state index in [1.165, 1.54) is 10.4 Å². The number of aromatic nitrogens is 1. The summed E-state index contributed by atoms with van der Waals surface area (Å²) < 4.78 is 5.81. The molecule has 1 aromatic carbocycles. The van der Waals surface area contributed by atoms with Crippen molar-refractivity contribution in [1.29, 1.82) is 0 Å². The van der Waals surface area contributed by atoms with Crippen LogP contribution in [0.15, 0.2) is 30.5 Å². The minimum absolute atomic E-state index is 0.747. The van der Waals surface area contributed by atoms with Crippen LogP contribution in [0.2, 0.25) is 0 Å². The molecule has 4 nitrogen and oxygen atoms in total. The van der Waals surface area contributed by atoms with Gasteiger partial charge < -0.3 is 10.1 Å². The minimum Gasteiger partial charge on any atom is -0.492 e. The smallest absolute Gasteiger partial charge is 0.182 e. The summed E-state index contributed by atoms with van der Waals surface area (Å²) in [5.74, 6) is 1.02. The zero-order valence-corrected chi connectivity index (χ0v) is 13.2. The molecule has 1 N–H and O–H groups in total. The van der Waals surface area contributed by atoms with Crippen LogP contribution in [-0.4, -0.2) is 29.6 Å². The van der Waals surface area contributed by atoms with Crippen molar-refractivity contribution in [3.8, 4) is 5.75 Å². The zero-order valence-electron chi connectivity index (χ0n) is 12.3. The first-order valence-corrected chi connectivity index (χ1v) is 8.28. The molecule has 2 aromatic rings. The molecule has 21 heavy (non-hydrogen) atoms. The van der Waals surface area contributed by atoms with Crippen LogP contribution in [0.4, 0.5) is 5.13 Å². The summed E-state index contributed by atoms with van der Waals surface area (Å²) in [7, 11) is 0. The lowest BCUT2D eigenvalue weighted by molar-refractivity contribution is 0.221. The van der Waals surface area contributed by atoms with Crippen molar-refractivity contribution >= 4 is 16.5 Å². The number of ether oxygens (including phenoxy) is 1. The third kappa shape index (κ3) is 3.74. The van der Waals surface area contributed by atoms with Crippen molar-refractivity contribution in [3.05, 3.63) is 40.9 Å². The number of thiazole rings is 1. The van der Waals surface area contributed by atoms with Crippen molar-refractivity contribution in [2.24, 2.45) is 0 Å². The highest BCUT2D eigenvalue weighted by atomic mass is 32.1. The molecule has 1 aromatic heterocycles. The van der Waals surface area contributed by atoms with Gasteiger partial charge in [-0.3, -0.25) is 4.90 Å². The van der Waals surface area contributed by atoms with Gasteiger partial charge in [-0.2, -0.15) is 0 Å².